The second-order valence-electron chi connectivity index (χ2n) is 9.79. The highest BCUT2D eigenvalue weighted by atomic mass is 79.9. The third-order valence-corrected chi connectivity index (χ3v) is 9.41. The SMILES string of the molecule is CC12CCC(=O)CC1CCC1C2C(=O)CC2(C)C1CCC2(O)C(=O)CBr. The van der Waals surface area contributed by atoms with Gasteiger partial charge < -0.3 is 5.11 Å². The summed E-state index contributed by atoms with van der Waals surface area (Å²) in [6, 6.07) is 0. The summed E-state index contributed by atoms with van der Waals surface area (Å²) >= 11 is 3.22. The van der Waals surface area contributed by atoms with E-state index in [2.05, 4.69) is 22.9 Å². The molecule has 4 aliphatic carbocycles. The summed E-state index contributed by atoms with van der Waals surface area (Å²) in [5.41, 5.74) is -2.12. The summed E-state index contributed by atoms with van der Waals surface area (Å²) in [4.78, 5) is 37.9. The molecule has 4 fully saturated rings. The van der Waals surface area contributed by atoms with Crippen LogP contribution in [-0.4, -0.2) is 33.4 Å². The lowest BCUT2D eigenvalue weighted by Gasteiger charge is -2.59. The Morgan fingerprint density at radius 1 is 1.19 bits per heavy atom. The van der Waals surface area contributed by atoms with Crippen molar-refractivity contribution in [2.24, 2.45) is 34.5 Å². The van der Waals surface area contributed by atoms with E-state index in [4.69, 9.17) is 0 Å². The number of carbonyl (C=O) groups excluding carboxylic acids is 3. The van der Waals surface area contributed by atoms with Gasteiger partial charge in [0.05, 0.1) is 5.33 Å². The van der Waals surface area contributed by atoms with Crippen molar-refractivity contribution in [3.8, 4) is 0 Å². The molecule has 0 aromatic heterocycles. The van der Waals surface area contributed by atoms with Crippen LogP contribution in [0.5, 0.6) is 0 Å². The molecule has 26 heavy (non-hydrogen) atoms. The predicted molar refractivity (Wildman–Crippen MR) is 101 cm³/mol. The molecule has 0 amide bonds. The second-order valence-corrected chi connectivity index (χ2v) is 10.3. The van der Waals surface area contributed by atoms with E-state index >= 15 is 0 Å². The van der Waals surface area contributed by atoms with Crippen molar-refractivity contribution >= 4 is 33.3 Å². The maximum atomic E-state index is 13.4. The van der Waals surface area contributed by atoms with Gasteiger partial charge in [-0.2, -0.15) is 0 Å². The van der Waals surface area contributed by atoms with E-state index in [9.17, 15) is 19.5 Å². The number of rotatable bonds is 2. The normalized spacial score (nSPS) is 50.8. The molecule has 0 aliphatic heterocycles. The first-order chi connectivity index (χ1) is 12.2. The minimum absolute atomic E-state index is 0.00570. The van der Waals surface area contributed by atoms with Crippen molar-refractivity contribution in [2.45, 2.75) is 70.8 Å². The lowest BCUT2D eigenvalue weighted by Crippen LogP contribution is -2.61. The summed E-state index contributed by atoms with van der Waals surface area (Å²) < 4.78 is 0. The van der Waals surface area contributed by atoms with Crippen LogP contribution in [0.3, 0.4) is 0 Å². The second kappa shape index (κ2) is 5.97. The highest BCUT2D eigenvalue weighted by molar-refractivity contribution is 9.09. The van der Waals surface area contributed by atoms with Gasteiger partial charge in [0.15, 0.2) is 5.78 Å². The molecule has 0 saturated heterocycles. The van der Waals surface area contributed by atoms with Gasteiger partial charge in [-0.3, -0.25) is 14.4 Å². The highest BCUT2D eigenvalue weighted by Crippen LogP contribution is 2.67. The van der Waals surface area contributed by atoms with Crippen molar-refractivity contribution in [1.29, 1.82) is 0 Å². The number of Topliss-reactive ketones (excluding diaryl/α,β-unsaturated/α-hetero) is 3. The molecule has 7 atom stereocenters. The fraction of sp³-hybridized carbons (Fsp3) is 0.857. The van der Waals surface area contributed by atoms with Crippen molar-refractivity contribution in [3.63, 3.8) is 0 Å². The Labute approximate surface area is 163 Å². The average molecular weight is 425 g/mol. The van der Waals surface area contributed by atoms with Crippen LogP contribution in [-0.2, 0) is 14.4 Å². The van der Waals surface area contributed by atoms with E-state index in [0.717, 1.165) is 25.7 Å². The van der Waals surface area contributed by atoms with Gasteiger partial charge in [0.25, 0.3) is 0 Å². The van der Waals surface area contributed by atoms with Crippen molar-refractivity contribution < 1.29 is 19.5 Å². The van der Waals surface area contributed by atoms with Crippen LogP contribution < -0.4 is 0 Å². The van der Waals surface area contributed by atoms with Crippen LogP contribution in [0.25, 0.3) is 0 Å². The maximum absolute atomic E-state index is 13.4. The third-order valence-electron chi connectivity index (χ3n) is 8.90. The van der Waals surface area contributed by atoms with E-state index in [1.165, 1.54) is 0 Å². The van der Waals surface area contributed by atoms with Crippen LogP contribution in [0.15, 0.2) is 0 Å². The topological polar surface area (TPSA) is 71.4 Å². The molecule has 4 aliphatic rings. The quantitative estimate of drug-likeness (QED) is 0.688. The number of aliphatic hydroxyl groups is 1. The molecule has 0 bridgehead atoms. The Kier molecular flexibility index (Phi) is 4.32. The highest BCUT2D eigenvalue weighted by Gasteiger charge is 2.68. The summed E-state index contributed by atoms with van der Waals surface area (Å²) in [5.74, 6) is 1.16. The van der Waals surface area contributed by atoms with E-state index in [1.807, 2.05) is 6.92 Å². The van der Waals surface area contributed by atoms with E-state index in [-0.39, 0.29) is 40.1 Å². The predicted octanol–water partition coefficient (Wildman–Crippen LogP) is 3.47. The van der Waals surface area contributed by atoms with Crippen LogP contribution >= 0.6 is 15.9 Å². The molecule has 0 aromatic rings. The number of alkyl halides is 1. The monoisotopic (exact) mass is 424 g/mol. The molecule has 0 heterocycles. The fourth-order valence-corrected chi connectivity index (χ4v) is 7.90. The molecule has 7 unspecified atom stereocenters. The van der Waals surface area contributed by atoms with Crippen LogP contribution in [0.1, 0.15) is 65.2 Å². The largest absolute Gasteiger partial charge is 0.381 e. The van der Waals surface area contributed by atoms with Gasteiger partial charge in [-0.15, -0.1) is 0 Å². The molecule has 4 rings (SSSR count). The van der Waals surface area contributed by atoms with Crippen molar-refractivity contribution in [1.82, 2.24) is 0 Å². The zero-order valence-corrected chi connectivity index (χ0v) is 17.3. The van der Waals surface area contributed by atoms with Crippen LogP contribution in [0.2, 0.25) is 0 Å². The first-order valence-corrected chi connectivity index (χ1v) is 11.2. The van der Waals surface area contributed by atoms with Crippen LogP contribution in [0, 0.1) is 34.5 Å². The smallest absolute Gasteiger partial charge is 0.175 e. The standard InChI is InChI=1S/C21H29BrO4/c1-19-7-5-13(23)9-12(19)3-4-14-15-6-8-21(26,17(25)11-22)20(15,2)10-16(24)18(14)19/h12,14-15,18,26H,3-11H2,1-2H3. The zero-order valence-electron chi connectivity index (χ0n) is 15.7. The average Bonchev–Trinajstić information content (AvgIpc) is 2.86. The number of halogens is 1. The van der Waals surface area contributed by atoms with Gasteiger partial charge in [-0.25, -0.2) is 0 Å². The minimum Gasteiger partial charge on any atom is -0.381 e. The molecule has 1 N–H and O–H groups in total. The number of hydrogen-bond acceptors (Lipinski definition) is 4. The van der Waals surface area contributed by atoms with Crippen molar-refractivity contribution in [2.75, 3.05) is 5.33 Å². The fourth-order valence-electron chi connectivity index (χ4n) is 7.43. The Morgan fingerprint density at radius 2 is 1.92 bits per heavy atom. The van der Waals surface area contributed by atoms with Crippen LogP contribution in [0.4, 0.5) is 0 Å². The Bertz CT molecular complexity index is 675. The molecule has 5 heteroatoms. The number of hydrogen-bond donors (Lipinski definition) is 1. The minimum atomic E-state index is -1.39. The van der Waals surface area contributed by atoms with E-state index < -0.39 is 11.0 Å². The zero-order chi connectivity index (χ0) is 18.9. The van der Waals surface area contributed by atoms with Gasteiger partial charge in [0.2, 0.25) is 0 Å². The number of fused-ring (bicyclic) bond motifs is 5. The van der Waals surface area contributed by atoms with Crippen molar-refractivity contribution in [3.05, 3.63) is 0 Å². The Hall–Kier alpha value is -0.550. The Balaban J connectivity index is 1.71. The number of carbonyl (C=O) groups is 3. The lowest BCUT2D eigenvalue weighted by atomic mass is 9.44. The Morgan fingerprint density at radius 3 is 2.62 bits per heavy atom. The van der Waals surface area contributed by atoms with Gasteiger partial charge >= 0.3 is 0 Å². The van der Waals surface area contributed by atoms with Gasteiger partial charge in [-0.05, 0) is 55.3 Å². The molecular weight excluding hydrogens is 396 g/mol. The van der Waals surface area contributed by atoms with E-state index in [1.54, 1.807) is 0 Å². The van der Waals surface area contributed by atoms with Gasteiger partial charge in [-0.1, -0.05) is 29.8 Å². The molecule has 0 radical (unpaired) electrons. The molecular formula is C21H29BrO4. The number of ketones is 3. The molecule has 4 nitrogen and oxygen atoms in total. The maximum Gasteiger partial charge on any atom is 0.175 e. The summed E-state index contributed by atoms with van der Waals surface area (Å²) in [6.45, 7) is 4.20. The summed E-state index contributed by atoms with van der Waals surface area (Å²) in [6.07, 6.45) is 5.56. The first kappa shape index (κ1) is 18.8. The summed E-state index contributed by atoms with van der Waals surface area (Å²) in [7, 11) is 0. The summed E-state index contributed by atoms with van der Waals surface area (Å²) in [5, 5.41) is 11.4. The molecule has 4 saturated carbocycles. The first-order valence-electron chi connectivity index (χ1n) is 10.0. The van der Waals surface area contributed by atoms with Gasteiger partial charge in [0, 0.05) is 30.6 Å². The van der Waals surface area contributed by atoms with E-state index in [0.29, 0.717) is 37.4 Å². The molecule has 0 spiro atoms. The molecule has 144 valence electrons. The lowest BCUT2D eigenvalue weighted by molar-refractivity contribution is -0.176. The molecule has 0 aromatic carbocycles. The third kappa shape index (κ3) is 2.25. The van der Waals surface area contributed by atoms with Gasteiger partial charge in [0.1, 0.15) is 17.2 Å².